The number of hydrogen-bond donors (Lipinski definition) is 1. The highest BCUT2D eigenvalue weighted by Crippen LogP contribution is 2.33. The molecule has 0 aromatic heterocycles. The Bertz CT molecular complexity index is 608. The van der Waals surface area contributed by atoms with Gasteiger partial charge in [-0.1, -0.05) is 37.1 Å². The van der Waals surface area contributed by atoms with Crippen LogP contribution in [0.15, 0.2) is 30.3 Å². The summed E-state index contributed by atoms with van der Waals surface area (Å²) in [5.74, 6) is -0.299. The minimum atomic E-state index is -0.943. The van der Waals surface area contributed by atoms with Gasteiger partial charge in [0.15, 0.2) is 0 Å². The molecule has 100 valence electrons. The molecule has 3 nitrogen and oxygen atoms in total. The molecule has 0 atom stereocenters. The molecule has 0 aliphatic rings. The van der Waals surface area contributed by atoms with Gasteiger partial charge in [0.25, 0.3) is 0 Å². The van der Waals surface area contributed by atoms with Crippen molar-refractivity contribution in [1.82, 2.24) is 0 Å². The summed E-state index contributed by atoms with van der Waals surface area (Å²) in [5.41, 5.74) is 0.253. The van der Waals surface area contributed by atoms with E-state index in [9.17, 15) is 4.79 Å². The van der Waals surface area contributed by atoms with Crippen molar-refractivity contribution in [2.24, 2.45) is 0 Å². The van der Waals surface area contributed by atoms with E-state index in [1.165, 1.54) is 0 Å². The average molecular weight is 279 g/mol. The van der Waals surface area contributed by atoms with Gasteiger partial charge in [0, 0.05) is 5.39 Å². The highest BCUT2D eigenvalue weighted by molar-refractivity contribution is 6.37. The molecule has 2 rings (SSSR count). The number of unbranched alkanes of at least 4 members (excludes halogenated alkanes) is 1. The molecule has 0 spiro atoms. The van der Waals surface area contributed by atoms with Gasteiger partial charge in [-0.15, -0.1) is 0 Å². The van der Waals surface area contributed by atoms with Crippen LogP contribution in [0.2, 0.25) is 5.02 Å². The fourth-order valence-electron chi connectivity index (χ4n) is 1.84. The maximum atomic E-state index is 10.9. The van der Waals surface area contributed by atoms with E-state index in [0.717, 1.165) is 23.6 Å². The molecule has 0 bridgehead atoms. The first-order chi connectivity index (χ1) is 9.13. The van der Waals surface area contributed by atoms with E-state index >= 15 is 0 Å². The van der Waals surface area contributed by atoms with Crippen LogP contribution in [0.4, 0.5) is 0 Å². The summed E-state index contributed by atoms with van der Waals surface area (Å²) in [4.78, 5) is 10.9. The van der Waals surface area contributed by atoms with Gasteiger partial charge in [0.1, 0.15) is 5.75 Å². The van der Waals surface area contributed by atoms with Crippen LogP contribution in [0.1, 0.15) is 30.1 Å². The topological polar surface area (TPSA) is 46.5 Å². The molecule has 0 saturated carbocycles. The molecule has 0 aliphatic heterocycles. The summed E-state index contributed by atoms with van der Waals surface area (Å²) in [6.45, 7) is 2.73. The molecule has 1 N–H and O–H groups in total. The van der Waals surface area contributed by atoms with E-state index in [0.29, 0.717) is 17.4 Å². The first kappa shape index (κ1) is 13.7. The highest BCUT2D eigenvalue weighted by Gasteiger charge is 2.09. The van der Waals surface area contributed by atoms with E-state index in [1.54, 1.807) is 24.3 Å². The Labute approximate surface area is 116 Å². The molecule has 19 heavy (non-hydrogen) atoms. The zero-order valence-electron chi connectivity index (χ0n) is 10.6. The van der Waals surface area contributed by atoms with Crippen LogP contribution in [0, 0.1) is 0 Å². The molecule has 2 aromatic carbocycles. The SMILES string of the molecule is CCCCOc1ccc2cc(C(=O)O)ccc2c1Cl. The number of benzene rings is 2. The Morgan fingerprint density at radius 3 is 2.79 bits per heavy atom. The molecule has 0 aliphatic carbocycles. The predicted octanol–water partition coefficient (Wildman–Crippen LogP) is 4.37. The van der Waals surface area contributed by atoms with Crippen molar-refractivity contribution in [2.45, 2.75) is 19.8 Å². The van der Waals surface area contributed by atoms with E-state index in [4.69, 9.17) is 21.4 Å². The van der Waals surface area contributed by atoms with Gasteiger partial charge in [0.2, 0.25) is 0 Å². The molecular formula is C15H15ClO3. The van der Waals surface area contributed by atoms with Crippen LogP contribution >= 0.6 is 11.6 Å². The lowest BCUT2D eigenvalue weighted by Crippen LogP contribution is -1.98. The lowest BCUT2D eigenvalue weighted by molar-refractivity contribution is 0.0697. The van der Waals surface area contributed by atoms with Crippen LogP contribution < -0.4 is 4.74 Å². The molecule has 2 aromatic rings. The van der Waals surface area contributed by atoms with E-state index in [1.807, 2.05) is 6.07 Å². The molecule has 4 heteroatoms. The third-order valence-corrected chi connectivity index (χ3v) is 3.31. The lowest BCUT2D eigenvalue weighted by Gasteiger charge is -2.10. The fraction of sp³-hybridized carbons (Fsp3) is 0.267. The highest BCUT2D eigenvalue weighted by atomic mass is 35.5. The van der Waals surface area contributed by atoms with Crippen LogP contribution in [-0.4, -0.2) is 17.7 Å². The Morgan fingerprint density at radius 1 is 1.32 bits per heavy atom. The third kappa shape index (κ3) is 2.99. The summed E-state index contributed by atoms with van der Waals surface area (Å²) >= 11 is 6.28. The van der Waals surface area contributed by atoms with Crippen LogP contribution in [-0.2, 0) is 0 Å². The zero-order chi connectivity index (χ0) is 13.8. The summed E-state index contributed by atoms with van der Waals surface area (Å²) in [7, 11) is 0. The molecule has 0 fully saturated rings. The number of hydrogen-bond acceptors (Lipinski definition) is 2. The fourth-order valence-corrected chi connectivity index (χ4v) is 2.13. The van der Waals surface area contributed by atoms with Crippen molar-refractivity contribution < 1.29 is 14.6 Å². The smallest absolute Gasteiger partial charge is 0.335 e. The number of aromatic carboxylic acids is 1. The second kappa shape index (κ2) is 5.93. The second-order valence-corrected chi connectivity index (χ2v) is 4.70. The molecule has 0 saturated heterocycles. The van der Waals surface area contributed by atoms with E-state index in [2.05, 4.69) is 6.92 Å². The van der Waals surface area contributed by atoms with Gasteiger partial charge in [-0.25, -0.2) is 4.79 Å². The zero-order valence-corrected chi connectivity index (χ0v) is 11.4. The number of ether oxygens (including phenoxy) is 1. The average Bonchev–Trinajstić information content (AvgIpc) is 2.41. The summed E-state index contributed by atoms with van der Waals surface area (Å²) in [6.07, 6.45) is 2.04. The van der Waals surface area contributed by atoms with Crippen LogP contribution in [0.5, 0.6) is 5.75 Å². The second-order valence-electron chi connectivity index (χ2n) is 4.32. The van der Waals surface area contributed by atoms with Crippen molar-refractivity contribution in [3.63, 3.8) is 0 Å². The van der Waals surface area contributed by atoms with E-state index < -0.39 is 5.97 Å². The van der Waals surface area contributed by atoms with Crippen molar-refractivity contribution in [3.05, 3.63) is 40.9 Å². The first-order valence-corrected chi connectivity index (χ1v) is 6.59. The number of rotatable bonds is 5. The van der Waals surface area contributed by atoms with Gasteiger partial charge in [-0.3, -0.25) is 0 Å². The Balaban J connectivity index is 2.36. The Kier molecular flexibility index (Phi) is 4.27. The first-order valence-electron chi connectivity index (χ1n) is 6.22. The molecule has 0 radical (unpaired) electrons. The van der Waals surface area contributed by atoms with Gasteiger partial charge < -0.3 is 9.84 Å². The molecule has 0 unspecified atom stereocenters. The quantitative estimate of drug-likeness (QED) is 0.826. The number of carboxylic acids is 1. The molecule has 0 heterocycles. The summed E-state index contributed by atoms with van der Waals surface area (Å²) in [5, 5.41) is 11.1. The minimum Gasteiger partial charge on any atom is -0.492 e. The van der Waals surface area contributed by atoms with Crippen molar-refractivity contribution in [2.75, 3.05) is 6.61 Å². The number of halogens is 1. The number of carbonyl (C=O) groups is 1. The van der Waals surface area contributed by atoms with Gasteiger partial charge in [-0.05, 0) is 30.0 Å². The standard InChI is InChI=1S/C15H15ClO3/c1-2-3-8-19-13-7-5-10-9-11(15(17)18)4-6-12(10)14(13)16/h4-7,9H,2-3,8H2,1H3,(H,17,18). The predicted molar refractivity (Wildman–Crippen MR) is 76.3 cm³/mol. The van der Waals surface area contributed by atoms with Gasteiger partial charge in [-0.2, -0.15) is 0 Å². The van der Waals surface area contributed by atoms with E-state index in [-0.39, 0.29) is 5.56 Å². The third-order valence-electron chi connectivity index (χ3n) is 2.92. The van der Waals surface area contributed by atoms with Crippen LogP contribution in [0.25, 0.3) is 10.8 Å². The maximum Gasteiger partial charge on any atom is 0.335 e. The molecule has 0 amide bonds. The van der Waals surface area contributed by atoms with Gasteiger partial charge >= 0.3 is 5.97 Å². The number of carboxylic acid groups (broad SMARTS) is 1. The normalized spacial score (nSPS) is 10.6. The maximum absolute atomic E-state index is 10.9. The largest absolute Gasteiger partial charge is 0.492 e. The summed E-state index contributed by atoms with van der Waals surface area (Å²) < 4.78 is 5.61. The van der Waals surface area contributed by atoms with Crippen molar-refractivity contribution >= 4 is 28.3 Å². The Hall–Kier alpha value is -1.74. The minimum absolute atomic E-state index is 0.253. The lowest BCUT2D eigenvalue weighted by atomic mass is 10.1. The van der Waals surface area contributed by atoms with Crippen molar-refractivity contribution in [3.8, 4) is 5.75 Å². The monoisotopic (exact) mass is 278 g/mol. The Morgan fingerprint density at radius 2 is 2.11 bits per heavy atom. The van der Waals surface area contributed by atoms with Gasteiger partial charge in [0.05, 0.1) is 17.2 Å². The van der Waals surface area contributed by atoms with Crippen molar-refractivity contribution in [1.29, 1.82) is 0 Å². The summed E-state index contributed by atoms with van der Waals surface area (Å²) in [6, 6.07) is 8.49. The molecular weight excluding hydrogens is 264 g/mol. The van der Waals surface area contributed by atoms with Crippen LogP contribution in [0.3, 0.4) is 0 Å². The number of fused-ring (bicyclic) bond motifs is 1.